The van der Waals surface area contributed by atoms with Crippen molar-refractivity contribution in [3.63, 3.8) is 0 Å². The molecule has 0 radical (unpaired) electrons. The fourth-order valence-electron chi connectivity index (χ4n) is 2.40. The molecular formula is C16H22N2O2. The molecule has 0 N–H and O–H groups in total. The summed E-state index contributed by atoms with van der Waals surface area (Å²) in [6.07, 6.45) is 16.2. The molecule has 0 aromatic rings. The lowest BCUT2D eigenvalue weighted by Crippen LogP contribution is -1.98. The minimum Gasteiger partial charge on any atom is -0.211 e. The Hall–Kier alpha value is -1.76. The van der Waals surface area contributed by atoms with Crippen molar-refractivity contribution in [2.75, 3.05) is 13.1 Å². The topological polar surface area (TPSA) is 58.9 Å². The highest BCUT2D eigenvalue weighted by Gasteiger charge is 2.09. The fourth-order valence-corrected chi connectivity index (χ4v) is 2.40. The number of nitrogens with zero attached hydrogens (tertiary/aromatic N) is 2. The Morgan fingerprint density at radius 2 is 1.40 bits per heavy atom. The fraction of sp³-hybridized carbons (Fsp3) is 0.625. The number of carbonyl (C=O) groups excluding carboxylic acids is 2. The minimum atomic E-state index is 0.577. The van der Waals surface area contributed by atoms with Crippen LogP contribution in [0.3, 0.4) is 0 Å². The summed E-state index contributed by atoms with van der Waals surface area (Å²) < 4.78 is 0. The summed E-state index contributed by atoms with van der Waals surface area (Å²) in [4.78, 5) is 27.0. The van der Waals surface area contributed by atoms with Gasteiger partial charge in [0.15, 0.2) is 0 Å². The summed E-state index contributed by atoms with van der Waals surface area (Å²) in [5.74, 6) is 0. The van der Waals surface area contributed by atoms with Crippen LogP contribution in [0.1, 0.15) is 51.4 Å². The summed E-state index contributed by atoms with van der Waals surface area (Å²) in [5, 5.41) is 0. The first-order valence-electron chi connectivity index (χ1n) is 7.30. The van der Waals surface area contributed by atoms with Crippen LogP contribution in [0.4, 0.5) is 0 Å². The van der Waals surface area contributed by atoms with Gasteiger partial charge in [0.1, 0.15) is 0 Å². The summed E-state index contributed by atoms with van der Waals surface area (Å²) in [5.41, 5.74) is 3.01. The molecule has 1 fully saturated rings. The third-order valence-electron chi connectivity index (χ3n) is 3.39. The van der Waals surface area contributed by atoms with Crippen LogP contribution in [0.15, 0.2) is 33.3 Å². The lowest BCUT2D eigenvalue weighted by Gasteiger charge is -2.17. The van der Waals surface area contributed by atoms with Gasteiger partial charge in [0.05, 0.1) is 13.1 Å². The molecular weight excluding hydrogens is 252 g/mol. The molecule has 1 saturated carbocycles. The summed E-state index contributed by atoms with van der Waals surface area (Å²) in [7, 11) is 0. The molecule has 1 aliphatic carbocycles. The summed E-state index contributed by atoms with van der Waals surface area (Å²) in [6, 6.07) is 0. The number of hydrogen-bond donors (Lipinski definition) is 0. The maximum atomic E-state index is 9.94. The van der Waals surface area contributed by atoms with E-state index in [-0.39, 0.29) is 0 Å². The van der Waals surface area contributed by atoms with E-state index in [2.05, 4.69) is 22.1 Å². The van der Waals surface area contributed by atoms with Gasteiger partial charge in [-0.05, 0) is 51.4 Å². The molecule has 0 amide bonds. The van der Waals surface area contributed by atoms with E-state index in [1.165, 1.54) is 30.4 Å². The highest BCUT2D eigenvalue weighted by molar-refractivity contribution is 5.33. The number of unbranched alkanes of at least 4 members (excludes halogenated alkanes) is 2. The van der Waals surface area contributed by atoms with Crippen LogP contribution in [-0.2, 0) is 9.59 Å². The average Bonchev–Trinajstić information content (AvgIpc) is 2.47. The normalized spacial score (nSPS) is 18.6. The van der Waals surface area contributed by atoms with Crippen LogP contribution >= 0.6 is 0 Å². The van der Waals surface area contributed by atoms with E-state index < -0.39 is 0 Å². The second-order valence-corrected chi connectivity index (χ2v) is 4.99. The van der Waals surface area contributed by atoms with E-state index in [1.54, 1.807) is 12.2 Å². The smallest absolute Gasteiger partial charge is 0.211 e. The van der Waals surface area contributed by atoms with Crippen LogP contribution in [-0.4, -0.2) is 25.2 Å². The quantitative estimate of drug-likeness (QED) is 0.293. The molecule has 0 aliphatic heterocycles. The van der Waals surface area contributed by atoms with Crippen LogP contribution in [0.25, 0.3) is 0 Å². The molecule has 0 unspecified atom stereocenters. The predicted octanol–water partition coefficient (Wildman–Crippen LogP) is 3.65. The van der Waals surface area contributed by atoms with Gasteiger partial charge in [0.25, 0.3) is 0 Å². The maximum absolute atomic E-state index is 9.94. The van der Waals surface area contributed by atoms with Crippen LogP contribution in [0, 0.1) is 0 Å². The van der Waals surface area contributed by atoms with Crippen LogP contribution in [0.5, 0.6) is 0 Å². The van der Waals surface area contributed by atoms with E-state index >= 15 is 0 Å². The van der Waals surface area contributed by atoms with Crippen molar-refractivity contribution in [1.29, 1.82) is 0 Å². The van der Waals surface area contributed by atoms with Crippen molar-refractivity contribution >= 4 is 12.2 Å². The molecule has 20 heavy (non-hydrogen) atoms. The van der Waals surface area contributed by atoms with Crippen molar-refractivity contribution in [1.82, 2.24) is 0 Å². The van der Waals surface area contributed by atoms with E-state index in [1.807, 2.05) is 0 Å². The number of aliphatic imine (C=N–C) groups is 2. The third-order valence-corrected chi connectivity index (χ3v) is 3.39. The molecule has 4 nitrogen and oxygen atoms in total. The standard InChI is InChI=1S/C16H22N2O2/c19-13-17-10-3-1-6-15-8-5-9-16(12-15)7-2-4-11-18-14-20/h6-7H,1-5,8-12H2. The van der Waals surface area contributed by atoms with E-state index in [4.69, 9.17) is 0 Å². The highest BCUT2D eigenvalue weighted by atomic mass is 16.1. The van der Waals surface area contributed by atoms with Crippen molar-refractivity contribution < 1.29 is 9.59 Å². The second kappa shape index (κ2) is 11.1. The van der Waals surface area contributed by atoms with Gasteiger partial charge in [-0.1, -0.05) is 23.3 Å². The average molecular weight is 274 g/mol. The molecule has 108 valence electrons. The molecule has 0 heterocycles. The zero-order valence-corrected chi connectivity index (χ0v) is 11.9. The highest BCUT2D eigenvalue weighted by Crippen LogP contribution is 2.28. The van der Waals surface area contributed by atoms with Gasteiger partial charge < -0.3 is 0 Å². The second-order valence-electron chi connectivity index (χ2n) is 4.99. The Labute approximate surface area is 120 Å². The van der Waals surface area contributed by atoms with E-state index in [0.717, 1.165) is 32.1 Å². The molecule has 0 atom stereocenters. The SMILES string of the molecule is O=C=NCCCC=C1CCCC(=CCCCN=C=O)C1. The molecule has 4 heteroatoms. The molecule has 0 aromatic carbocycles. The zero-order chi connectivity index (χ0) is 14.5. The van der Waals surface area contributed by atoms with E-state index in [0.29, 0.717) is 13.1 Å². The molecule has 0 bridgehead atoms. The number of allylic oxidation sites excluding steroid dienone is 4. The van der Waals surface area contributed by atoms with Crippen molar-refractivity contribution in [3.05, 3.63) is 23.3 Å². The zero-order valence-electron chi connectivity index (χ0n) is 11.9. The number of rotatable bonds is 8. The third kappa shape index (κ3) is 7.63. The monoisotopic (exact) mass is 274 g/mol. The van der Waals surface area contributed by atoms with Gasteiger partial charge in [0, 0.05) is 0 Å². The van der Waals surface area contributed by atoms with Crippen LogP contribution in [0.2, 0.25) is 0 Å². The lowest BCUT2D eigenvalue weighted by molar-refractivity contribution is 0.561. The lowest BCUT2D eigenvalue weighted by atomic mass is 9.89. The maximum Gasteiger partial charge on any atom is 0.234 e. The van der Waals surface area contributed by atoms with Gasteiger partial charge in [0.2, 0.25) is 12.2 Å². The van der Waals surface area contributed by atoms with Gasteiger partial charge in [-0.15, -0.1) is 0 Å². The number of hydrogen-bond acceptors (Lipinski definition) is 4. The first-order valence-corrected chi connectivity index (χ1v) is 7.30. The Kier molecular flexibility index (Phi) is 9.04. The Bertz CT molecular complexity index is 399. The van der Waals surface area contributed by atoms with Crippen LogP contribution < -0.4 is 0 Å². The van der Waals surface area contributed by atoms with Crippen molar-refractivity contribution in [2.45, 2.75) is 51.4 Å². The van der Waals surface area contributed by atoms with Gasteiger partial charge in [-0.3, -0.25) is 0 Å². The predicted molar refractivity (Wildman–Crippen MR) is 79.1 cm³/mol. The molecule has 0 aromatic heterocycles. The first kappa shape index (κ1) is 16.3. The summed E-state index contributed by atoms with van der Waals surface area (Å²) >= 11 is 0. The minimum absolute atomic E-state index is 0.577. The molecule has 0 spiro atoms. The van der Waals surface area contributed by atoms with Crippen molar-refractivity contribution in [2.24, 2.45) is 9.98 Å². The van der Waals surface area contributed by atoms with Gasteiger partial charge in [-0.2, -0.15) is 0 Å². The molecule has 1 aliphatic rings. The Balaban J connectivity index is 2.29. The van der Waals surface area contributed by atoms with Crippen molar-refractivity contribution in [3.8, 4) is 0 Å². The number of isocyanates is 2. The Morgan fingerprint density at radius 1 is 0.900 bits per heavy atom. The molecule has 1 rings (SSSR count). The van der Waals surface area contributed by atoms with Gasteiger partial charge in [-0.25, -0.2) is 19.6 Å². The van der Waals surface area contributed by atoms with Gasteiger partial charge >= 0.3 is 0 Å². The van der Waals surface area contributed by atoms with E-state index in [9.17, 15) is 9.59 Å². The summed E-state index contributed by atoms with van der Waals surface area (Å²) in [6.45, 7) is 1.15. The largest absolute Gasteiger partial charge is 0.234 e. The molecule has 0 saturated heterocycles. The Morgan fingerprint density at radius 3 is 1.85 bits per heavy atom. The first-order chi connectivity index (χ1) is 9.86.